The molecule has 0 radical (unpaired) electrons. The number of halogens is 5. The first-order valence-corrected chi connectivity index (χ1v) is 11.9. The fraction of sp³-hybridized carbons (Fsp3) is 0.214. The Labute approximate surface area is 225 Å². The zero-order valence-electron chi connectivity index (χ0n) is 20.9. The van der Waals surface area contributed by atoms with Gasteiger partial charge in [-0.05, 0) is 30.2 Å². The van der Waals surface area contributed by atoms with Crippen molar-refractivity contribution in [3.8, 4) is 29.1 Å². The molecule has 1 aliphatic heterocycles. The monoisotopic (exact) mass is 560 g/mol. The van der Waals surface area contributed by atoms with Crippen molar-refractivity contribution in [1.29, 1.82) is 5.26 Å². The number of carbonyl (C=O) groups excluding carboxylic acids is 1. The standard InChI is InChI=1S/C28H21F5N2O5/c1-2-3-10-37-15-6-4-14(5-7-15)21-17-9-8-16(11-19(17)40-28(35)18(21)12-34)39-20(36)13-38-27-25(32)23(30)22(29)24(31)26(27)33/h4-9,11,21H,2-3,10,13,35H2,1H3. The molecule has 1 aliphatic rings. The van der Waals surface area contributed by atoms with Crippen LogP contribution in [0.4, 0.5) is 22.0 Å². The van der Waals surface area contributed by atoms with Crippen LogP contribution in [0.1, 0.15) is 36.8 Å². The van der Waals surface area contributed by atoms with Crippen LogP contribution in [0.15, 0.2) is 53.9 Å². The Hall–Kier alpha value is -4.79. The minimum Gasteiger partial charge on any atom is -0.494 e. The van der Waals surface area contributed by atoms with E-state index >= 15 is 0 Å². The van der Waals surface area contributed by atoms with E-state index in [0.717, 1.165) is 12.8 Å². The second-order valence-electron chi connectivity index (χ2n) is 8.56. The van der Waals surface area contributed by atoms with Gasteiger partial charge in [-0.2, -0.15) is 14.0 Å². The Bertz CT molecular complexity index is 1490. The first kappa shape index (κ1) is 28.2. The van der Waals surface area contributed by atoms with Gasteiger partial charge in [-0.1, -0.05) is 31.5 Å². The van der Waals surface area contributed by atoms with Crippen molar-refractivity contribution in [2.75, 3.05) is 13.2 Å². The van der Waals surface area contributed by atoms with E-state index in [-0.39, 0.29) is 23.0 Å². The van der Waals surface area contributed by atoms with Crippen LogP contribution in [0.3, 0.4) is 0 Å². The zero-order valence-corrected chi connectivity index (χ0v) is 20.9. The Morgan fingerprint density at radius 3 is 2.20 bits per heavy atom. The van der Waals surface area contributed by atoms with Gasteiger partial charge in [-0.25, -0.2) is 18.0 Å². The number of unbranched alkanes of at least 4 members (excludes halogenated alkanes) is 1. The van der Waals surface area contributed by atoms with Crippen molar-refractivity contribution < 1.29 is 45.7 Å². The number of benzene rings is 3. The molecule has 12 heteroatoms. The molecule has 3 aromatic carbocycles. The van der Waals surface area contributed by atoms with E-state index in [9.17, 15) is 32.0 Å². The maximum absolute atomic E-state index is 13.8. The minimum atomic E-state index is -2.36. The molecule has 2 N–H and O–H groups in total. The molecule has 0 aliphatic carbocycles. The molecule has 4 rings (SSSR count). The Morgan fingerprint density at radius 2 is 1.57 bits per heavy atom. The fourth-order valence-electron chi connectivity index (χ4n) is 3.94. The van der Waals surface area contributed by atoms with Gasteiger partial charge < -0.3 is 24.7 Å². The van der Waals surface area contributed by atoms with E-state index in [1.807, 2.05) is 0 Å². The molecule has 0 amide bonds. The number of hydrogen-bond donors (Lipinski definition) is 1. The zero-order chi connectivity index (χ0) is 29.0. The van der Waals surface area contributed by atoms with Crippen LogP contribution in [0.2, 0.25) is 0 Å². The second kappa shape index (κ2) is 11.9. The summed E-state index contributed by atoms with van der Waals surface area (Å²) in [4.78, 5) is 12.2. The third-order valence-electron chi connectivity index (χ3n) is 5.91. The number of hydrogen-bond acceptors (Lipinski definition) is 7. The average Bonchev–Trinajstić information content (AvgIpc) is 2.94. The highest BCUT2D eigenvalue weighted by molar-refractivity contribution is 5.74. The van der Waals surface area contributed by atoms with Crippen molar-refractivity contribution in [2.24, 2.45) is 5.73 Å². The van der Waals surface area contributed by atoms with Gasteiger partial charge in [-0.3, -0.25) is 0 Å². The van der Waals surface area contributed by atoms with E-state index in [1.54, 1.807) is 24.3 Å². The third-order valence-corrected chi connectivity index (χ3v) is 5.91. The van der Waals surface area contributed by atoms with Gasteiger partial charge in [0, 0.05) is 11.6 Å². The van der Waals surface area contributed by atoms with Crippen molar-refractivity contribution in [3.63, 3.8) is 0 Å². The highest BCUT2D eigenvalue weighted by Gasteiger charge is 2.31. The third kappa shape index (κ3) is 5.63. The molecule has 0 fully saturated rings. The van der Waals surface area contributed by atoms with Gasteiger partial charge in [0.25, 0.3) is 0 Å². The summed E-state index contributed by atoms with van der Waals surface area (Å²) >= 11 is 0. The topological polar surface area (TPSA) is 104 Å². The maximum Gasteiger partial charge on any atom is 0.349 e. The molecule has 1 atom stereocenters. The number of esters is 1. The second-order valence-corrected chi connectivity index (χ2v) is 8.56. The number of carbonyl (C=O) groups is 1. The first-order valence-electron chi connectivity index (χ1n) is 11.9. The summed E-state index contributed by atoms with van der Waals surface area (Å²) in [5.74, 6) is -14.1. The smallest absolute Gasteiger partial charge is 0.349 e. The minimum absolute atomic E-state index is 0.101. The lowest BCUT2D eigenvalue weighted by molar-refractivity contribution is -0.136. The number of rotatable bonds is 9. The van der Waals surface area contributed by atoms with Crippen LogP contribution in [0.25, 0.3) is 0 Å². The summed E-state index contributed by atoms with van der Waals surface area (Å²) in [5, 5.41) is 9.73. The highest BCUT2D eigenvalue weighted by Crippen LogP contribution is 2.43. The summed E-state index contributed by atoms with van der Waals surface area (Å²) in [6.45, 7) is 1.45. The van der Waals surface area contributed by atoms with E-state index in [0.29, 0.717) is 23.5 Å². The number of ether oxygens (including phenoxy) is 4. The molecule has 7 nitrogen and oxygen atoms in total. The molecule has 1 heterocycles. The molecule has 0 aromatic heterocycles. The highest BCUT2D eigenvalue weighted by atomic mass is 19.2. The van der Waals surface area contributed by atoms with Crippen LogP contribution in [-0.2, 0) is 4.79 Å². The number of nitrogens with zero attached hydrogens (tertiary/aromatic N) is 1. The van der Waals surface area contributed by atoms with Crippen LogP contribution < -0.4 is 24.7 Å². The molecule has 1 unspecified atom stereocenters. The lowest BCUT2D eigenvalue weighted by Gasteiger charge is -2.26. The van der Waals surface area contributed by atoms with Gasteiger partial charge in [0.1, 0.15) is 28.9 Å². The average molecular weight is 560 g/mol. The largest absolute Gasteiger partial charge is 0.494 e. The summed E-state index contributed by atoms with van der Waals surface area (Å²) in [6.07, 6.45) is 1.89. The normalized spacial score (nSPS) is 14.2. The van der Waals surface area contributed by atoms with Crippen molar-refractivity contribution >= 4 is 5.97 Å². The van der Waals surface area contributed by atoms with Crippen LogP contribution >= 0.6 is 0 Å². The van der Waals surface area contributed by atoms with Gasteiger partial charge in [-0.15, -0.1) is 0 Å². The summed E-state index contributed by atoms with van der Waals surface area (Å²) in [5.41, 5.74) is 7.40. The summed E-state index contributed by atoms with van der Waals surface area (Å²) in [7, 11) is 0. The first-order chi connectivity index (χ1) is 19.2. The van der Waals surface area contributed by atoms with Crippen LogP contribution in [0.5, 0.6) is 23.0 Å². The SMILES string of the molecule is CCCCOc1ccc(C2C(C#N)=C(N)Oc3cc(OC(=O)COc4c(F)c(F)c(F)c(F)c4F)ccc32)cc1. The molecular formula is C28H21F5N2O5. The number of allylic oxidation sites excluding steroid dienone is 1. The summed E-state index contributed by atoms with van der Waals surface area (Å²) < 4.78 is 88.3. The maximum atomic E-state index is 13.8. The molecule has 40 heavy (non-hydrogen) atoms. The molecule has 208 valence electrons. The molecular weight excluding hydrogens is 539 g/mol. The van der Waals surface area contributed by atoms with E-state index in [4.69, 9.17) is 19.9 Å². The van der Waals surface area contributed by atoms with Crippen LogP contribution in [0, 0.1) is 40.4 Å². The van der Waals surface area contributed by atoms with Crippen molar-refractivity contribution in [3.05, 3.63) is 94.1 Å². The number of nitriles is 1. The number of fused-ring (bicyclic) bond motifs is 1. The lowest BCUT2D eigenvalue weighted by Crippen LogP contribution is -2.22. The van der Waals surface area contributed by atoms with Gasteiger partial charge in [0.05, 0.1) is 12.5 Å². The lowest BCUT2D eigenvalue weighted by atomic mass is 9.83. The summed E-state index contributed by atoms with van der Waals surface area (Å²) in [6, 6.07) is 13.4. The molecule has 3 aromatic rings. The predicted molar refractivity (Wildman–Crippen MR) is 130 cm³/mol. The molecule has 0 saturated carbocycles. The van der Waals surface area contributed by atoms with Gasteiger partial charge in [0.15, 0.2) is 12.4 Å². The molecule has 0 spiro atoms. The fourth-order valence-corrected chi connectivity index (χ4v) is 3.94. The quantitative estimate of drug-likeness (QED) is 0.0886. The Balaban J connectivity index is 1.52. The van der Waals surface area contributed by atoms with E-state index in [2.05, 4.69) is 17.7 Å². The predicted octanol–water partition coefficient (Wildman–Crippen LogP) is 5.76. The number of nitrogens with two attached hydrogens (primary N) is 1. The van der Waals surface area contributed by atoms with Gasteiger partial charge in [0.2, 0.25) is 35.0 Å². The molecule has 0 saturated heterocycles. The van der Waals surface area contributed by atoms with Crippen molar-refractivity contribution in [2.45, 2.75) is 25.7 Å². The Morgan fingerprint density at radius 1 is 0.950 bits per heavy atom. The van der Waals surface area contributed by atoms with Crippen LogP contribution in [-0.4, -0.2) is 19.2 Å². The Kier molecular flexibility index (Phi) is 8.43. The van der Waals surface area contributed by atoms with E-state index < -0.39 is 53.3 Å². The van der Waals surface area contributed by atoms with Crippen molar-refractivity contribution in [1.82, 2.24) is 0 Å². The van der Waals surface area contributed by atoms with E-state index in [1.165, 1.54) is 18.2 Å². The van der Waals surface area contributed by atoms with Gasteiger partial charge >= 0.3 is 5.97 Å². The molecule has 0 bridgehead atoms.